The van der Waals surface area contributed by atoms with Crippen LogP contribution in [0.2, 0.25) is 0 Å². The Hall–Kier alpha value is -2.96. The van der Waals surface area contributed by atoms with Crippen LogP contribution in [-0.2, 0) is 4.84 Å². The van der Waals surface area contributed by atoms with E-state index in [-0.39, 0.29) is 22.9 Å². The van der Waals surface area contributed by atoms with Crippen molar-refractivity contribution in [1.29, 1.82) is 0 Å². The van der Waals surface area contributed by atoms with Crippen LogP contribution >= 0.6 is 11.5 Å². The van der Waals surface area contributed by atoms with Gasteiger partial charge in [0.25, 0.3) is 0 Å². The topological polar surface area (TPSA) is 122 Å². The molecule has 1 saturated heterocycles. The second-order valence-electron chi connectivity index (χ2n) is 6.09. The molecule has 1 fully saturated rings. The predicted molar refractivity (Wildman–Crippen MR) is 98.5 cm³/mol. The van der Waals surface area contributed by atoms with Gasteiger partial charge in [-0.1, -0.05) is 0 Å². The van der Waals surface area contributed by atoms with Crippen molar-refractivity contribution in [3.8, 4) is 5.13 Å². The number of anilines is 1. The van der Waals surface area contributed by atoms with Crippen molar-refractivity contribution in [3.05, 3.63) is 40.2 Å². The molecule has 10 nitrogen and oxygen atoms in total. The molecule has 3 aromatic rings. The Morgan fingerprint density at radius 1 is 1.50 bits per heavy atom. The lowest BCUT2D eigenvalue weighted by atomic mass is 10.1. The summed E-state index contributed by atoms with van der Waals surface area (Å²) in [6.45, 7) is 3.32. The zero-order valence-electron chi connectivity index (χ0n) is 14.6. The maximum absolute atomic E-state index is 14.7. The van der Waals surface area contributed by atoms with Gasteiger partial charge in [-0.2, -0.15) is 9.85 Å². The lowest BCUT2D eigenvalue weighted by Gasteiger charge is -2.40. The van der Waals surface area contributed by atoms with Crippen molar-refractivity contribution < 1.29 is 19.1 Å². The molecule has 12 heteroatoms. The highest BCUT2D eigenvalue weighted by Crippen LogP contribution is 2.26. The van der Waals surface area contributed by atoms with Gasteiger partial charge in [0, 0.05) is 30.8 Å². The van der Waals surface area contributed by atoms with Crippen LogP contribution in [0.1, 0.15) is 17.3 Å². The fourth-order valence-electron chi connectivity index (χ4n) is 2.94. The van der Waals surface area contributed by atoms with Crippen molar-refractivity contribution in [2.45, 2.75) is 13.0 Å². The van der Waals surface area contributed by atoms with Crippen LogP contribution in [0.4, 0.5) is 10.2 Å². The highest BCUT2D eigenvalue weighted by Gasteiger charge is 2.31. The number of aromatic carboxylic acids is 1. The summed E-state index contributed by atoms with van der Waals surface area (Å²) in [4.78, 5) is 39.1. The molecular formula is C16H15FN6O4S. The van der Waals surface area contributed by atoms with E-state index in [0.29, 0.717) is 24.8 Å². The van der Waals surface area contributed by atoms with E-state index in [1.165, 1.54) is 10.9 Å². The van der Waals surface area contributed by atoms with E-state index in [2.05, 4.69) is 19.8 Å². The Morgan fingerprint density at radius 3 is 2.93 bits per heavy atom. The second kappa shape index (κ2) is 7.22. The van der Waals surface area contributed by atoms with Gasteiger partial charge in [0.05, 0.1) is 18.0 Å². The summed E-state index contributed by atoms with van der Waals surface area (Å²) < 4.78 is 19.9. The molecule has 1 aliphatic rings. The Labute approximate surface area is 161 Å². The Balaban J connectivity index is 1.82. The quantitative estimate of drug-likeness (QED) is 0.572. The number of pyridine rings is 2. The minimum Gasteiger partial charge on any atom is -0.477 e. The van der Waals surface area contributed by atoms with Crippen molar-refractivity contribution in [2.75, 3.05) is 24.6 Å². The number of fused-ring (bicyclic) bond motifs is 1. The van der Waals surface area contributed by atoms with Crippen LogP contribution in [0.5, 0.6) is 0 Å². The van der Waals surface area contributed by atoms with Crippen LogP contribution in [0.15, 0.2) is 23.4 Å². The lowest BCUT2D eigenvalue weighted by Crippen LogP contribution is -2.58. The molecule has 0 radical (unpaired) electrons. The minimum absolute atomic E-state index is 0.0385. The van der Waals surface area contributed by atoms with E-state index in [1.54, 1.807) is 4.90 Å². The summed E-state index contributed by atoms with van der Waals surface area (Å²) in [7, 11) is 0. The molecule has 2 N–H and O–H groups in total. The number of hydrogen-bond donors (Lipinski definition) is 2. The molecule has 0 bridgehead atoms. The number of hydrogen-bond acceptors (Lipinski definition) is 9. The molecule has 0 aliphatic carbocycles. The molecule has 28 heavy (non-hydrogen) atoms. The molecule has 0 atom stereocenters. The first-order valence-electron chi connectivity index (χ1n) is 8.38. The summed E-state index contributed by atoms with van der Waals surface area (Å²) in [5, 5.41) is 9.50. The van der Waals surface area contributed by atoms with Gasteiger partial charge in [0.15, 0.2) is 17.3 Å². The predicted octanol–water partition coefficient (Wildman–Crippen LogP) is 0.804. The second-order valence-corrected chi connectivity index (χ2v) is 6.85. The fraction of sp³-hybridized carbons (Fsp3) is 0.312. The molecule has 3 aromatic heterocycles. The molecule has 4 rings (SSSR count). The summed E-state index contributed by atoms with van der Waals surface area (Å²) in [6.07, 6.45) is 2.44. The first-order chi connectivity index (χ1) is 13.5. The van der Waals surface area contributed by atoms with Crippen LogP contribution in [0.3, 0.4) is 0 Å². The molecule has 4 heterocycles. The largest absolute Gasteiger partial charge is 0.477 e. The molecule has 146 valence electrons. The van der Waals surface area contributed by atoms with Gasteiger partial charge >= 0.3 is 5.97 Å². The number of carboxylic acids is 1. The lowest BCUT2D eigenvalue weighted by molar-refractivity contribution is 0.0173. The van der Waals surface area contributed by atoms with Gasteiger partial charge in [-0.3, -0.25) is 9.36 Å². The minimum atomic E-state index is -1.41. The summed E-state index contributed by atoms with van der Waals surface area (Å²) in [6, 6.07) is 1.06. The Morgan fingerprint density at radius 2 is 2.29 bits per heavy atom. The molecule has 0 spiro atoms. The van der Waals surface area contributed by atoms with Gasteiger partial charge < -0.3 is 14.8 Å². The average molecular weight is 406 g/mol. The average Bonchev–Trinajstić information content (AvgIpc) is 3.16. The normalized spacial score (nSPS) is 14.4. The monoisotopic (exact) mass is 406 g/mol. The van der Waals surface area contributed by atoms with Crippen LogP contribution < -0.4 is 15.8 Å². The number of carboxylic acid groups (broad SMARTS) is 1. The Bertz CT molecular complexity index is 1100. The maximum Gasteiger partial charge on any atom is 0.341 e. The van der Waals surface area contributed by atoms with Gasteiger partial charge in [-0.15, -0.1) is 0 Å². The van der Waals surface area contributed by atoms with Crippen molar-refractivity contribution in [1.82, 2.24) is 24.4 Å². The van der Waals surface area contributed by atoms with Gasteiger partial charge in [0.2, 0.25) is 10.6 Å². The molecular weight excluding hydrogens is 391 g/mol. The van der Waals surface area contributed by atoms with Gasteiger partial charge in [-0.25, -0.2) is 19.2 Å². The third-order valence-corrected chi connectivity index (χ3v) is 4.94. The van der Waals surface area contributed by atoms with Crippen LogP contribution in [-0.4, -0.2) is 55.7 Å². The van der Waals surface area contributed by atoms with E-state index in [0.717, 1.165) is 23.8 Å². The molecule has 1 aliphatic heterocycles. The van der Waals surface area contributed by atoms with E-state index >= 15 is 0 Å². The van der Waals surface area contributed by atoms with E-state index in [4.69, 9.17) is 4.84 Å². The number of hydroxylamine groups is 1. The summed E-state index contributed by atoms with van der Waals surface area (Å²) in [5.74, 6) is -2.05. The fourth-order valence-corrected chi connectivity index (χ4v) is 3.45. The summed E-state index contributed by atoms with van der Waals surface area (Å²) in [5.41, 5.74) is 1.67. The zero-order valence-corrected chi connectivity index (χ0v) is 15.4. The highest BCUT2D eigenvalue weighted by atomic mass is 32.1. The number of rotatable bonds is 6. The zero-order chi connectivity index (χ0) is 19.8. The van der Waals surface area contributed by atoms with Gasteiger partial charge in [0.1, 0.15) is 11.9 Å². The number of aromatic nitrogens is 4. The number of halogens is 1. The smallest absolute Gasteiger partial charge is 0.341 e. The molecule has 0 saturated carbocycles. The van der Waals surface area contributed by atoms with Crippen molar-refractivity contribution in [2.24, 2.45) is 0 Å². The van der Waals surface area contributed by atoms with Crippen molar-refractivity contribution in [3.63, 3.8) is 0 Å². The maximum atomic E-state index is 14.7. The first-order valence-corrected chi connectivity index (χ1v) is 9.15. The number of carbonyl (C=O) groups is 1. The summed E-state index contributed by atoms with van der Waals surface area (Å²) >= 11 is 0.998. The standard InChI is InChI=1S/C16H15FN6O4S/c1-2-27-21-8-4-22(5-8)14-11(17)3-9-12(24)10(15(25)26)6-23(13(9)20-14)16-18-7-19-28-16/h3,6-8,21H,2,4-5H2,1H3,(H,25,26). The van der Waals surface area contributed by atoms with Crippen LogP contribution in [0, 0.1) is 5.82 Å². The SMILES string of the molecule is CCONC1CN(c2nc3c(cc2F)c(=O)c(C(=O)O)cn3-c2ncns2)C1. The number of nitrogens with zero attached hydrogens (tertiary/aromatic N) is 5. The van der Waals surface area contributed by atoms with E-state index < -0.39 is 22.8 Å². The third kappa shape index (κ3) is 3.10. The first kappa shape index (κ1) is 18.4. The van der Waals surface area contributed by atoms with Crippen LogP contribution in [0.25, 0.3) is 16.2 Å². The molecule has 0 amide bonds. The van der Waals surface area contributed by atoms with E-state index in [1.807, 2.05) is 6.92 Å². The number of nitrogens with one attached hydrogen (secondary N) is 1. The molecule has 0 aromatic carbocycles. The third-order valence-electron chi connectivity index (χ3n) is 4.27. The van der Waals surface area contributed by atoms with Crippen molar-refractivity contribution >= 4 is 34.4 Å². The Kier molecular flexibility index (Phi) is 4.75. The van der Waals surface area contributed by atoms with E-state index in [9.17, 15) is 19.1 Å². The van der Waals surface area contributed by atoms with Gasteiger partial charge in [-0.05, 0) is 13.0 Å². The molecule has 0 unspecified atom stereocenters. The highest BCUT2D eigenvalue weighted by molar-refractivity contribution is 7.08.